The molecule has 0 aliphatic carbocycles. The number of hydrogen-bond donors (Lipinski definition) is 2. The van der Waals surface area contributed by atoms with Crippen LogP contribution in [0.4, 0.5) is 5.69 Å². The average Bonchev–Trinajstić information content (AvgIpc) is 2.59. The number of aromatic nitrogens is 2. The molecule has 0 aliphatic heterocycles. The largest absolute Gasteiger partial charge is 0.480 e. The Hall–Kier alpha value is -2.04. The quantitative estimate of drug-likeness (QED) is 0.849. The monoisotopic (exact) mass is 233 g/mol. The first-order chi connectivity index (χ1) is 7.90. The van der Waals surface area contributed by atoms with Gasteiger partial charge < -0.3 is 15.0 Å². The maximum atomic E-state index is 11.0. The van der Waals surface area contributed by atoms with Gasteiger partial charge in [0.1, 0.15) is 5.54 Å². The number of carbonyl (C=O) groups is 1. The fourth-order valence-corrected chi connectivity index (χ4v) is 1.63. The summed E-state index contributed by atoms with van der Waals surface area (Å²) in [4.78, 5) is 15.2. The van der Waals surface area contributed by atoms with Gasteiger partial charge in [-0.1, -0.05) is 0 Å². The molecule has 2 aromatic rings. The van der Waals surface area contributed by atoms with Crippen molar-refractivity contribution in [2.24, 2.45) is 7.05 Å². The van der Waals surface area contributed by atoms with Gasteiger partial charge in [0, 0.05) is 12.7 Å². The second kappa shape index (κ2) is 3.76. The molecule has 0 atom stereocenters. The summed E-state index contributed by atoms with van der Waals surface area (Å²) in [5.74, 6) is -0.890. The Balaban J connectivity index is 2.34. The summed E-state index contributed by atoms with van der Waals surface area (Å²) in [5.41, 5.74) is 1.62. The van der Waals surface area contributed by atoms with Crippen LogP contribution in [0, 0.1) is 0 Å². The van der Waals surface area contributed by atoms with Crippen molar-refractivity contribution >= 4 is 22.7 Å². The third kappa shape index (κ3) is 2.08. The van der Waals surface area contributed by atoms with Crippen molar-refractivity contribution in [1.82, 2.24) is 9.55 Å². The Labute approximate surface area is 99.1 Å². The van der Waals surface area contributed by atoms with E-state index in [0.29, 0.717) is 0 Å². The normalized spacial score (nSPS) is 11.7. The summed E-state index contributed by atoms with van der Waals surface area (Å²) in [7, 11) is 1.92. The molecule has 0 saturated carbocycles. The standard InChI is InChI=1S/C12H15N3O2/c1-12(2,11(16)17)14-8-4-5-10-9(6-8)13-7-15(10)3/h4-7,14H,1-3H3,(H,16,17). The highest BCUT2D eigenvalue weighted by Gasteiger charge is 2.26. The van der Waals surface area contributed by atoms with E-state index in [0.717, 1.165) is 16.7 Å². The van der Waals surface area contributed by atoms with Crippen molar-refractivity contribution in [3.63, 3.8) is 0 Å². The maximum absolute atomic E-state index is 11.0. The van der Waals surface area contributed by atoms with E-state index in [9.17, 15) is 4.79 Å². The van der Waals surface area contributed by atoms with Gasteiger partial charge in [-0.2, -0.15) is 0 Å². The number of hydrogen-bond acceptors (Lipinski definition) is 3. The summed E-state index contributed by atoms with van der Waals surface area (Å²) in [6.07, 6.45) is 1.73. The minimum Gasteiger partial charge on any atom is -0.480 e. The third-order valence-corrected chi connectivity index (χ3v) is 2.72. The van der Waals surface area contributed by atoms with Crippen LogP contribution in [0.15, 0.2) is 24.5 Å². The first kappa shape index (κ1) is 11.4. The zero-order chi connectivity index (χ0) is 12.6. The van der Waals surface area contributed by atoms with Gasteiger partial charge in [-0.3, -0.25) is 0 Å². The molecule has 1 aromatic heterocycles. The highest BCUT2D eigenvalue weighted by molar-refractivity contribution is 5.84. The van der Waals surface area contributed by atoms with E-state index in [2.05, 4.69) is 10.3 Å². The van der Waals surface area contributed by atoms with Gasteiger partial charge in [-0.25, -0.2) is 9.78 Å². The summed E-state index contributed by atoms with van der Waals surface area (Å²) < 4.78 is 1.92. The van der Waals surface area contributed by atoms with Gasteiger partial charge in [0.15, 0.2) is 0 Å². The van der Waals surface area contributed by atoms with Crippen LogP contribution in [-0.2, 0) is 11.8 Å². The Kier molecular flexibility index (Phi) is 2.53. The fraction of sp³-hybridized carbons (Fsp3) is 0.333. The topological polar surface area (TPSA) is 67.2 Å². The number of rotatable bonds is 3. The van der Waals surface area contributed by atoms with E-state index in [1.165, 1.54) is 0 Å². The van der Waals surface area contributed by atoms with Crippen LogP contribution in [0.1, 0.15) is 13.8 Å². The van der Waals surface area contributed by atoms with Crippen LogP contribution < -0.4 is 5.32 Å². The van der Waals surface area contributed by atoms with E-state index >= 15 is 0 Å². The first-order valence-electron chi connectivity index (χ1n) is 5.33. The lowest BCUT2D eigenvalue weighted by Crippen LogP contribution is -2.39. The molecule has 5 heteroatoms. The van der Waals surface area contributed by atoms with Gasteiger partial charge in [-0.15, -0.1) is 0 Å². The fourth-order valence-electron chi connectivity index (χ4n) is 1.63. The number of nitrogens with one attached hydrogen (secondary N) is 1. The number of anilines is 1. The second-order valence-corrected chi connectivity index (χ2v) is 4.61. The van der Waals surface area contributed by atoms with Gasteiger partial charge in [0.25, 0.3) is 0 Å². The summed E-state index contributed by atoms with van der Waals surface area (Å²) in [6, 6.07) is 5.62. The Morgan fingerprint density at radius 1 is 1.47 bits per heavy atom. The van der Waals surface area contributed by atoms with Crippen LogP contribution >= 0.6 is 0 Å². The molecule has 0 saturated heterocycles. The molecule has 0 bridgehead atoms. The molecule has 0 amide bonds. The molecule has 0 spiro atoms. The molecule has 2 rings (SSSR count). The van der Waals surface area contributed by atoms with Crippen LogP contribution in [0.5, 0.6) is 0 Å². The van der Waals surface area contributed by atoms with Gasteiger partial charge >= 0.3 is 5.97 Å². The molecule has 0 fully saturated rings. The summed E-state index contributed by atoms with van der Waals surface area (Å²) in [6.45, 7) is 3.25. The molecule has 17 heavy (non-hydrogen) atoms. The molecule has 1 aromatic carbocycles. The van der Waals surface area contributed by atoms with Crippen molar-refractivity contribution in [2.75, 3.05) is 5.32 Å². The highest BCUT2D eigenvalue weighted by atomic mass is 16.4. The zero-order valence-corrected chi connectivity index (χ0v) is 10.1. The number of fused-ring (bicyclic) bond motifs is 1. The lowest BCUT2D eigenvalue weighted by atomic mass is 10.1. The Morgan fingerprint density at radius 2 is 2.18 bits per heavy atom. The summed E-state index contributed by atoms with van der Waals surface area (Å²) in [5, 5.41) is 12.0. The van der Waals surface area contributed by atoms with Gasteiger partial charge in [0.2, 0.25) is 0 Å². The number of benzene rings is 1. The van der Waals surface area contributed by atoms with E-state index in [1.54, 1.807) is 20.2 Å². The van der Waals surface area contributed by atoms with Crippen molar-refractivity contribution in [3.8, 4) is 0 Å². The molecule has 0 aliphatic rings. The molecule has 0 unspecified atom stereocenters. The predicted octanol–water partition coefficient (Wildman–Crippen LogP) is 1.85. The Morgan fingerprint density at radius 3 is 2.82 bits per heavy atom. The third-order valence-electron chi connectivity index (χ3n) is 2.72. The average molecular weight is 233 g/mol. The minimum atomic E-state index is -0.998. The lowest BCUT2D eigenvalue weighted by Gasteiger charge is -2.22. The van der Waals surface area contributed by atoms with Crippen molar-refractivity contribution in [2.45, 2.75) is 19.4 Å². The number of aryl methyl sites for hydroxylation is 1. The lowest BCUT2D eigenvalue weighted by molar-refractivity contribution is -0.141. The SMILES string of the molecule is Cn1cnc2cc(NC(C)(C)C(=O)O)ccc21. The van der Waals surface area contributed by atoms with E-state index in [4.69, 9.17) is 5.11 Å². The number of carboxylic acid groups (broad SMARTS) is 1. The second-order valence-electron chi connectivity index (χ2n) is 4.61. The number of aliphatic carboxylic acids is 1. The van der Waals surface area contributed by atoms with Crippen LogP contribution in [0.25, 0.3) is 11.0 Å². The van der Waals surface area contributed by atoms with Crippen LogP contribution in [-0.4, -0.2) is 26.2 Å². The summed E-state index contributed by atoms with van der Waals surface area (Å²) >= 11 is 0. The maximum Gasteiger partial charge on any atom is 0.328 e. The smallest absolute Gasteiger partial charge is 0.328 e. The van der Waals surface area contributed by atoms with E-state index < -0.39 is 11.5 Å². The van der Waals surface area contributed by atoms with E-state index in [1.807, 2.05) is 29.8 Å². The van der Waals surface area contributed by atoms with Gasteiger partial charge in [0.05, 0.1) is 17.4 Å². The number of carboxylic acids is 1. The molecular weight excluding hydrogens is 218 g/mol. The molecule has 90 valence electrons. The Bertz CT molecular complexity index is 572. The first-order valence-corrected chi connectivity index (χ1v) is 5.33. The zero-order valence-electron chi connectivity index (χ0n) is 10.1. The van der Waals surface area contributed by atoms with Crippen LogP contribution in [0.2, 0.25) is 0 Å². The molecule has 2 N–H and O–H groups in total. The predicted molar refractivity (Wildman–Crippen MR) is 66.1 cm³/mol. The van der Waals surface area contributed by atoms with Crippen molar-refractivity contribution < 1.29 is 9.90 Å². The molecule has 0 radical (unpaired) electrons. The van der Waals surface area contributed by atoms with E-state index in [-0.39, 0.29) is 0 Å². The molecular formula is C12H15N3O2. The minimum absolute atomic E-state index is 0.753. The van der Waals surface area contributed by atoms with Crippen molar-refractivity contribution in [3.05, 3.63) is 24.5 Å². The van der Waals surface area contributed by atoms with Crippen LogP contribution in [0.3, 0.4) is 0 Å². The number of imidazole rings is 1. The number of nitrogens with zero attached hydrogens (tertiary/aromatic N) is 2. The van der Waals surface area contributed by atoms with Crippen molar-refractivity contribution in [1.29, 1.82) is 0 Å². The molecule has 1 heterocycles. The van der Waals surface area contributed by atoms with Gasteiger partial charge in [-0.05, 0) is 32.0 Å². The highest BCUT2D eigenvalue weighted by Crippen LogP contribution is 2.20. The molecule has 5 nitrogen and oxygen atoms in total.